The van der Waals surface area contributed by atoms with Gasteiger partial charge in [0.2, 0.25) is 5.91 Å². The number of ether oxygens (including phenoxy) is 2. The Morgan fingerprint density at radius 3 is 2.50 bits per heavy atom. The van der Waals surface area contributed by atoms with Gasteiger partial charge < -0.3 is 19.7 Å². The molecule has 0 saturated carbocycles. The molecule has 3 rings (SSSR count). The number of hydrogen-bond donors (Lipinski definition) is 1. The third kappa shape index (κ3) is 5.44. The predicted octanol–water partition coefficient (Wildman–Crippen LogP) is 3.13. The number of nitrogens with zero attached hydrogens (tertiary/aromatic N) is 2. The third-order valence-electron chi connectivity index (χ3n) is 4.96. The molecule has 0 unspecified atom stereocenters. The molecule has 1 N–H and O–H groups in total. The summed E-state index contributed by atoms with van der Waals surface area (Å²) in [5.74, 6) is 1.21. The first-order valence-electron chi connectivity index (χ1n) is 9.92. The molecule has 7 nitrogen and oxygen atoms in total. The van der Waals surface area contributed by atoms with Gasteiger partial charge in [0.25, 0.3) is 5.91 Å². The van der Waals surface area contributed by atoms with Gasteiger partial charge >= 0.3 is 0 Å². The number of thioether (sulfide) groups is 1. The summed E-state index contributed by atoms with van der Waals surface area (Å²) in [5, 5.41) is 3.32. The number of rotatable bonds is 8. The van der Waals surface area contributed by atoms with Crippen LogP contribution in [0.2, 0.25) is 0 Å². The molecule has 1 fully saturated rings. The molecule has 0 radical (unpaired) electrons. The zero-order valence-corrected chi connectivity index (χ0v) is 18.3. The first kappa shape index (κ1) is 22.0. The standard InChI is InChI=1S/C22H27N3O4S/c1-15(21(26)24-13-16-6-8-18(28-2)19(12-16)29-3)30-20-9-7-17(14-23-20)22(27)25-10-4-5-11-25/h6-9,12,14-15H,4-5,10-11,13H2,1-3H3,(H,24,26)/t15-/m1/s1. The fourth-order valence-corrected chi connectivity index (χ4v) is 4.05. The summed E-state index contributed by atoms with van der Waals surface area (Å²) in [6.45, 7) is 3.85. The maximum Gasteiger partial charge on any atom is 0.255 e. The van der Waals surface area contributed by atoms with Crippen molar-refractivity contribution in [2.45, 2.75) is 36.6 Å². The normalized spacial score (nSPS) is 14.3. The van der Waals surface area contributed by atoms with E-state index in [-0.39, 0.29) is 17.1 Å². The van der Waals surface area contributed by atoms with Crippen molar-refractivity contribution in [3.8, 4) is 11.5 Å². The van der Waals surface area contributed by atoms with Crippen LogP contribution in [0.15, 0.2) is 41.6 Å². The van der Waals surface area contributed by atoms with Gasteiger partial charge in [0, 0.05) is 25.8 Å². The number of hydrogen-bond acceptors (Lipinski definition) is 6. The fourth-order valence-electron chi connectivity index (χ4n) is 3.24. The van der Waals surface area contributed by atoms with Gasteiger partial charge in [-0.2, -0.15) is 0 Å². The van der Waals surface area contributed by atoms with Gasteiger partial charge in [-0.25, -0.2) is 4.98 Å². The van der Waals surface area contributed by atoms with Gasteiger partial charge in [-0.3, -0.25) is 9.59 Å². The molecule has 2 heterocycles. The number of nitrogens with one attached hydrogen (secondary N) is 1. The van der Waals surface area contributed by atoms with E-state index in [1.54, 1.807) is 32.5 Å². The van der Waals surface area contributed by atoms with Gasteiger partial charge in [0.1, 0.15) is 0 Å². The van der Waals surface area contributed by atoms with Gasteiger partial charge in [0.05, 0.1) is 30.1 Å². The first-order valence-corrected chi connectivity index (χ1v) is 10.8. The molecule has 1 saturated heterocycles. The zero-order chi connectivity index (χ0) is 21.5. The monoisotopic (exact) mass is 429 g/mol. The molecule has 160 valence electrons. The Kier molecular flexibility index (Phi) is 7.57. The number of carbonyl (C=O) groups is 2. The van der Waals surface area contributed by atoms with Crippen molar-refractivity contribution in [1.29, 1.82) is 0 Å². The molecule has 2 amide bonds. The lowest BCUT2D eigenvalue weighted by Crippen LogP contribution is -2.30. The molecular formula is C22H27N3O4S. The van der Waals surface area contributed by atoms with Gasteiger partial charge in [0.15, 0.2) is 11.5 Å². The Bertz CT molecular complexity index is 882. The molecular weight excluding hydrogens is 402 g/mol. The van der Waals surface area contributed by atoms with E-state index < -0.39 is 0 Å². The summed E-state index contributed by atoms with van der Waals surface area (Å²) in [4.78, 5) is 31.1. The van der Waals surface area contributed by atoms with Gasteiger partial charge in [-0.1, -0.05) is 17.8 Å². The van der Waals surface area contributed by atoms with E-state index in [1.165, 1.54) is 11.8 Å². The molecule has 0 aliphatic carbocycles. The average Bonchev–Trinajstić information content (AvgIpc) is 3.32. The minimum Gasteiger partial charge on any atom is -0.493 e. The maximum absolute atomic E-state index is 12.5. The van der Waals surface area contributed by atoms with E-state index in [0.29, 0.717) is 28.6 Å². The topological polar surface area (TPSA) is 80.8 Å². The quantitative estimate of drug-likeness (QED) is 0.650. The zero-order valence-electron chi connectivity index (χ0n) is 17.5. The number of likely N-dealkylation sites (tertiary alicyclic amines) is 1. The van der Waals surface area contributed by atoms with Crippen LogP contribution in [-0.4, -0.2) is 54.3 Å². The van der Waals surface area contributed by atoms with Crippen molar-refractivity contribution in [2.75, 3.05) is 27.3 Å². The summed E-state index contributed by atoms with van der Waals surface area (Å²) in [7, 11) is 3.16. The fraction of sp³-hybridized carbons (Fsp3) is 0.409. The van der Waals surface area contributed by atoms with Crippen LogP contribution in [0.4, 0.5) is 0 Å². The molecule has 30 heavy (non-hydrogen) atoms. The van der Waals surface area contributed by atoms with Crippen molar-refractivity contribution in [3.63, 3.8) is 0 Å². The second-order valence-electron chi connectivity index (χ2n) is 7.05. The molecule has 8 heteroatoms. The molecule has 1 aromatic heterocycles. The van der Waals surface area contributed by atoms with E-state index >= 15 is 0 Å². The number of amides is 2. The summed E-state index contributed by atoms with van der Waals surface area (Å²) in [5.41, 5.74) is 1.51. The molecule has 0 bridgehead atoms. The van der Waals surface area contributed by atoms with Crippen LogP contribution in [-0.2, 0) is 11.3 Å². The number of benzene rings is 1. The second-order valence-corrected chi connectivity index (χ2v) is 8.41. The first-order chi connectivity index (χ1) is 14.5. The van der Waals surface area contributed by atoms with Crippen LogP contribution in [0.3, 0.4) is 0 Å². The van der Waals surface area contributed by atoms with Crippen molar-refractivity contribution in [2.24, 2.45) is 0 Å². The van der Waals surface area contributed by atoms with E-state index in [1.807, 2.05) is 30.0 Å². The van der Waals surface area contributed by atoms with Gasteiger partial charge in [-0.05, 0) is 49.6 Å². The average molecular weight is 430 g/mol. The van der Waals surface area contributed by atoms with E-state index in [2.05, 4.69) is 10.3 Å². The molecule has 1 aromatic carbocycles. The Hall–Kier alpha value is -2.74. The summed E-state index contributed by atoms with van der Waals surface area (Å²) in [6, 6.07) is 9.12. The largest absolute Gasteiger partial charge is 0.493 e. The second kappa shape index (κ2) is 10.3. The van der Waals surface area contributed by atoms with Crippen LogP contribution in [0.25, 0.3) is 0 Å². The van der Waals surface area contributed by atoms with Crippen molar-refractivity contribution >= 4 is 23.6 Å². The highest BCUT2D eigenvalue weighted by Crippen LogP contribution is 2.27. The number of aromatic nitrogens is 1. The summed E-state index contributed by atoms with van der Waals surface area (Å²) < 4.78 is 10.5. The lowest BCUT2D eigenvalue weighted by molar-refractivity contribution is -0.120. The van der Waals surface area contributed by atoms with Crippen molar-refractivity contribution < 1.29 is 19.1 Å². The summed E-state index contributed by atoms with van der Waals surface area (Å²) >= 11 is 1.36. The Labute approximate surface area is 181 Å². The Morgan fingerprint density at radius 2 is 1.87 bits per heavy atom. The molecule has 0 spiro atoms. The number of pyridine rings is 1. The molecule has 1 aliphatic rings. The van der Waals surface area contributed by atoms with Crippen LogP contribution >= 0.6 is 11.8 Å². The predicted molar refractivity (Wildman–Crippen MR) is 116 cm³/mol. The van der Waals surface area contributed by atoms with Crippen molar-refractivity contribution in [3.05, 3.63) is 47.7 Å². The molecule has 2 aromatic rings. The highest BCUT2D eigenvalue weighted by molar-refractivity contribution is 8.00. The Balaban J connectivity index is 1.52. The lowest BCUT2D eigenvalue weighted by Gasteiger charge is -2.15. The summed E-state index contributed by atoms with van der Waals surface area (Å²) in [6.07, 6.45) is 3.71. The van der Waals surface area contributed by atoms with Crippen LogP contribution in [0, 0.1) is 0 Å². The van der Waals surface area contributed by atoms with Crippen molar-refractivity contribution in [1.82, 2.24) is 15.2 Å². The number of methoxy groups -OCH3 is 2. The minimum absolute atomic E-state index is 0.0252. The van der Waals surface area contributed by atoms with Gasteiger partial charge in [-0.15, -0.1) is 0 Å². The van der Waals surface area contributed by atoms with E-state index in [9.17, 15) is 9.59 Å². The van der Waals surface area contributed by atoms with Crippen LogP contribution in [0.5, 0.6) is 11.5 Å². The van der Waals surface area contributed by atoms with Crippen LogP contribution < -0.4 is 14.8 Å². The highest BCUT2D eigenvalue weighted by atomic mass is 32.2. The molecule has 1 aliphatic heterocycles. The smallest absolute Gasteiger partial charge is 0.255 e. The van der Waals surface area contributed by atoms with E-state index in [0.717, 1.165) is 31.5 Å². The molecule has 1 atom stereocenters. The number of carbonyl (C=O) groups excluding carboxylic acids is 2. The van der Waals surface area contributed by atoms with Crippen LogP contribution in [0.1, 0.15) is 35.7 Å². The highest BCUT2D eigenvalue weighted by Gasteiger charge is 2.20. The lowest BCUT2D eigenvalue weighted by atomic mass is 10.2. The van der Waals surface area contributed by atoms with E-state index in [4.69, 9.17) is 9.47 Å². The SMILES string of the molecule is COc1ccc(CNC(=O)[C@@H](C)Sc2ccc(C(=O)N3CCCC3)cn2)cc1OC. The Morgan fingerprint density at radius 1 is 1.13 bits per heavy atom. The third-order valence-corrected chi connectivity index (χ3v) is 6.01. The maximum atomic E-state index is 12.5. The minimum atomic E-state index is -0.322.